The van der Waals surface area contributed by atoms with Gasteiger partial charge in [0.1, 0.15) is 6.29 Å². The lowest BCUT2D eigenvalue weighted by Gasteiger charge is -2.04. The molecule has 0 N–H and O–H groups in total. The van der Waals surface area contributed by atoms with E-state index in [9.17, 15) is 9.59 Å². The zero-order valence-electron chi connectivity index (χ0n) is 10.3. The lowest BCUT2D eigenvalue weighted by atomic mass is 10.2. The fourth-order valence-corrected chi connectivity index (χ4v) is 2.43. The molecule has 4 heteroatoms. The number of methoxy groups -OCH3 is 1. The smallest absolute Gasteiger partial charge is 0.337 e. The van der Waals surface area contributed by atoms with Crippen LogP contribution < -0.4 is 0 Å². The van der Waals surface area contributed by atoms with Crippen LogP contribution in [0.2, 0.25) is 0 Å². The standard InChI is InChI=1S/C15H12O3S/c1-18-15(17)12-3-2-4-14(9-12)19-13-7-5-11(10-16)6-8-13/h2-10H,1H3. The molecule has 0 atom stereocenters. The van der Waals surface area contributed by atoms with Gasteiger partial charge in [-0.15, -0.1) is 0 Å². The highest BCUT2D eigenvalue weighted by atomic mass is 32.2. The molecule has 0 amide bonds. The zero-order valence-corrected chi connectivity index (χ0v) is 11.1. The van der Waals surface area contributed by atoms with Gasteiger partial charge in [0, 0.05) is 15.4 Å². The first-order valence-corrected chi connectivity index (χ1v) is 6.46. The van der Waals surface area contributed by atoms with E-state index in [-0.39, 0.29) is 5.97 Å². The summed E-state index contributed by atoms with van der Waals surface area (Å²) in [4.78, 5) is 24.0. The SMILES string of the molecule is COC(=O)c1cccc(Sc2ccc(C=O)cc2)c1. The van der Waals surface area contributed by atoms with Crippen molar-refractivity contribution in [1.29, 1.82) is 0 Å². The Labute approximate surface area is 115 Å². The highest BCUT2D eigenvalue weighted by Crippen LogP contribution is 2.28. The van der Waals surface area contributed by atoms with Crippen molar-refractivity contribution in [3.63, 3.8) is 0 Å². The molecule has 0 heterocycles. The largest absolute Gasteiger partial charge is 0.465 e. The van der Waals surface area contributed by atoms with Crippen LogP contribution in [0.15, 0.2) is 58.3 Å². The number of aldehydes is 1. The molecule has 96 valence electrons. The Morgan fingerprint density at radius 2 is 1.84 bits per heavy atom. The molecule has 0 saturated heterocycles. The van der Waals surface area contributed by atoms with Gasteiger partial charge < -0.3 is 4.74 Å². The van der Waals surface area contributed by atoms with Crippen LogP contribution in [0, 0.1) is 0 Å². The maximum atomic E-state index is 11.4. The highest BCUT2D eigenvalue weighted by Gasteiger charge is 2.06. The van der Waals surface area contributed by atoms with Gasteiger partial charge in [-0.1, -0.05) is 30.0 Å². The first kappa shape index (κ1) is 13.4. The molecule has 0 aromatic heterocycles. The molecule has 2 aromatic carbocycles. The Balaban J connectivity index is 2.18. The lowest BCUT2D eigenvalue weighted by Crippen LogP contribution is -2.00. The average molecular weight is 272 g/mol. The fourth-order valence-electron chi connectivity index (χ4n) is 1.55. The minimum Gasteiger partial charge on any atom is -0.465 e. The number of esters is 1. The zero-order chi connectivity index (χ0) is 13.7. The Kier molecular flexibility index (Phi) is 4.36. The number of rotatable bonds is 4. The normalized spacial score (nSPS) is 9.95. The number of ether oxygens (including phenoxy) is 1. The molecule has 0 saturated carbocycles. The van der Waals surface area contributed by atoms with Crippen molar-refractivity contribution in [2.24, 2.45) is 0 Å². The summed E-state index contributed by atoms with van der Waals surface area (Å²) in [6.45, 7) is 0. The van der Waals surface area contributed by atoms with E-state index in [1.807, 2.05) is 24.3 Å². The van der Waals surface area contributed by atoms with Crippen molar-refractivity contribution in [2.75, 3.05) is 7.11 Å². The predicted octanol–water partition coefficient (Wildman–Crippen LogP) is 3.44. The van der Waals surface area contributed by atoms with Crippen molar-refractivity contribution >= 4 is 24.0 Å². The summed E-state index contributed by atoms with van der Waals surface area (Å²) in [5, 5.41) is 0. The Morgan fingerprint density at radius 1 is 1.11 bits per heavy atom. The van der Waals surface area contributed by atoms with Gasteiger partial charge in [-0.2, -0.15) is 0 Å². The molecule has 2 aromatic rings. The van der Waals surface area contributed by atoms with Crippen LogP contribution in [-0.4, -0.2) is 19.4 Å². The molecular formula is C15H12O3S. The van der Waals surface area contributed by atoms with E-state index >= 15 is 0 Å². The van der Waals surface area contributed by atoms with E-state index in [0.29, 0.717) is 11.1 Å². The molecule has 0 spiro atoms. The monoisotopic (exact) mass is 272 g/mol. The van der Waals surface area contributed by atoms with Crippen molar-refractivity contribution < 1.29 is 14.3 Å². The number of carbonyl (C=O) groups excluding carboxylic acids is 2. The second-order valence-corrected chi connectivity index (χ2v) is 4.96. The summed E-state index contributed by atoms with van der Waals surface area (Å²) >= 11 is 1.53. The van der Waals surface area contributed by atoms with Gasteiger partial charge in [-0.25, -0.2) is 4.79 Å². The van der Waals surface area contributed by atoms with Gasteiger partial charge in [-0.3, -0.25) is 4.79 Å². The fraction of sp³-hybridized carbons (Fsp3) is 0.0667. The summed E-state index contributed by atoms with van der Waals surface area (Å²) in [6.07, 6.45) is 0.812. The second-order valence-electron chi connectivity index (χ2n) is 3.81. The molecule has 0 aliphatic rings. The van der Waals surface area contributed by atoms with Crippen molar-refractivity contribution in [3.8, 4) is 0 Å². The molecule has 0 unspecified atom stereocenters. The lowest BCUT2D eigenvalue weighted by molar-refractivity contribution is 0.0600. The summed E-state index contributed by atoms with van der Waals surface area (Å²) in [5.74, 6) is -0.348. The van der Waals surface area contributed by atoms with Crippen LogP contribution in [-0.2, 0) is 4.74 Å². The molecule has 0 fully saturated rings. The number of hydrogen-bond acceptors (Lipinski definition) is 4. The van der Waals surface area contributed by atoms with Gasteiger partial charge in [0.05, 0.1) is 12.7 Å². The van der Waals surface area contributed by atoms with Crippen LogP contribution in [0.25, 0.3) is 0 Å². The van der Waals surface area contributed by atoms with E-state index in [1.54, 1.807) is 24.3 Å². The van der Waals surface area contributed by atoms with E-state index in [0.717, 1.165) is 16.1 Å². The van der Waals surface area contributed by atoms with Crippen LogP contribution in [0.5, 0.6) is 0 Å². The van der Waals surface area contributed by atoms with Gasteiger partial charge in [0.2, 0.25) is 0 Å². The molecule has 2 rings (SSSR count). The molecule has 3 nitrogen and oxygen atoms in total. The molecule has 0 bridgehead atoms. The van der Waals surface area contributed by atoms with E-state index in [2.05, 4.69) is 4.74 Å². The maximum Gasteiger partial charge on any atom is 0.337 e. The van der Waals surface area contributed by atoms with Crippen molar-refractivity contribution in [2.45, 2.75) is 9.79 Å². The van der Waals surface area contributed by atoms with Crippen molar-refractivity contribution in [3.05, 3.63) is 59.7 Å². The third-order valence-electron chi connectivity index (χ3n) is 2.51. The van der Waals surface area contributed by atoms with E-state index in [4.69, 9.17) is 0 Å². The van der Waals surface area contributed by atoms with Crippen LogP contribution in [0.1, 0.15) is 20.7 Å². The Morgan fingerprint density at radius 3 is 2.47 bits per heavy atom. The first-order chi connectivity index (χ1) is 9.22. The van der Waals surface area contributed by atoms with Crippen molar-refractivity contribution in [1.82, 2.24) is 0 Å². The van der Waals surface area contributed by atoms with E-state index in [1.165, 1.54) is 18.9 Å². The number of hydrogen-bond donors (Lipinski definition) is 0. The third-order valence-corrected chi connectivity index (χ3v) is 3.50. The van der Waals surface area contributed by atoms with Gasteiger partial charge in [-0.05, 0) is 30.3 Å². The quantitative estimate of drug-likeness (QED) is 0.631. The third kappa shape index (κ3) is 3.45. The summed E-state index contributed by atoms with van der Waals surface area (Å²) < 4.78 is 4.68. The molecule has 0 aliphatic carbocycles. The second kappa shape index (κ2) is 6.20. The predicted molar refractivity (Wildman–Crippen MR) is 73.7 cm³/mol. The minimum atomic E-state index is -0.348. The van der Waals surface area contributed by atoms with Crippen LogP contribution in [0.4, 0.5) is 0 Å². The molecule has 0 radical (unpaired) electrons. The van der Waals surface area contributed by atoms with Gasteiger partial charge >= 0.3 is 5.97 Å². The van der Waals surface area contributed by atoms with Crippen LogP contribution >= 0.6 is 11.8 Å². The topological polar surface area (TPSA) is 43.4 Å². The highest BCUT2D eigenvalue weighted by molar-refractivity contribution is 7.99. The van der Waals surface area contributed by atoms with Gasteiger partial charge in [0.25, 0.3) is 0 Å². The summed E-state index contributed by atoms with van der Waals surface area (Å²) in [6, 6.07) is 14.5. The average Bonchev–Trinajstić information content (AvgIpc) is 2.47. The minimum absolute atomic E-state index is 0.348. The molecule has 0 aliphatic heterocycles. The first-order valence-electron chi connectivity index (χ1n) is 5.64. The summed E-state index contributed by atoms with van der Waals surface area (Å²) in [7, 11) is 1.36. The Bertz CT molecular complexity index is 591. The number of carbonyl (C=O) groups is 2. The maximum absolute atomic E-state index is 11.4. The van der Waals surface area contributed by atoms with Crippen LogP contribution in [0.3, 0.4) is 0 Å². The number of benzene rings is 2. The summed E-state index contributed by atoms with van der Waals surface area (Å²) in [5.41, 5.74) is 1.17. The molecular weight excluding hydrogens is 260 g/mol. The molecule has 19 heavy (non-hydrogen) atoms. The Hall–Kier alpha value is -2.07. The van der Waals surface area contributed by atoms with Gasteiger partial charge in [0.15, 0.2) is 0 Å². The van der Waals surface area contributed by atoms with E-state index < -0.39 is 0 Å².